The molecule has 1 aromatic heterocycles. The van der Waals surface area contributed by atoms with Crippen molar-refractivity contribution in [1.29, 1.82) is 0 Å². The molecule has 3 aromatic rings. The second-order valence-electron chi connectivity index (χ2n) is 8.46. The fourth-order valence-electron chi connectivity index (χ4n) is 4.61. The first-order valence-electron chi connectivity index (χ1n) is 10.7. The fourth-order valence-corrected chi connectivity index (χ4v) is 5.21. The summed E-state index contributed by atoms with van der Waals surface area (Å²) in [4.78, 5) is 19.9. The van der Waals surface area contributed by atoms with Gasteiger partial charge < -0.3 is 9.84 Å². The van der Waals surface area contributed by atoms with Gasteiger partial charge >= 0.3 is 0 Å². The van der Waals surface area contributed by atoms with Crippen molar-refractivity contribution in [1.82, 2.24) is 9.88 Å². The molecule has 0 saturated heterocycles. The van der Waals surface area contributed by atoms with Crippen molar-refractivity contribution in [3.8, 4) is 0 Å². The van der Waals surface area contributed by atoms with E-state index in [0.717, 1.165) is 28.4 Å². The number of hydrogen-bond acceptors (Lipinski definition) is 4. The first-order chi connectivity index (χ1) is 15.9. The lowest BCUT2D eigenvalue weighted by atomic mass is 9.82. The van der Waals surface area contributed by atoms with Crippen LogP contribution in [-0.4, -0.2) is 33.6 Å². The quantitative estimate of drug-likeness (QED) is 0.424. The second-order valence-corrected chi connectivity index (χ2v) is 10.2. The Morgan fingerprint density at radius 3 is 2.48 bits per heavy atom. The van der Waals surface area contributed by atoms with Crippen LogP contribution in [0.1, 0.15) is 40.0 Å². The number of pyridine rings is 1. The van der Waals surface area contributed by atoms with Crippen LogP contribution in [0, 0.1) is 5.92 Å². The van der Waals surface area contributed by atoms with Gasteiger partial charge in [-0.2, -0.15) is 0 Å². The predicted molar refractivity (Wildman–Crippen MR) is 130 cm³/mol. The van der Waals surface area contributed by atoms with Gasteiger partial charge in [-0.05, 0) is 55.2 Å². The van der Waals surface area contributed by atoms with Crippen molar-refractivity contribution in [2.75, 3.05) is 6.61 Å². The average Bonchev–Trinajstić information content (AvgIpc) is 3.00. The van der Waals surface area contributed by atoms with Crippen LogP contribution in [0.2, 0.25) is 10.0 Å². The number of rotatable bonds is 6. The van der Waals surface area contributed by atoms with E-state index in [-0.39, 0.29) is 31.1 Å². The van der Waals surface area contributed by atoms with Gasteiger partial charge in [-0.1, -0.05) is 57.3 Å². The molecular weight excluding hydrogens is 527 g/mol. The number of fused-ring (bicyclic) bond motifs is 1. The maximum absolute atomic E-state index is 13.8. The molecule has 170 valence electrons. The Morgan fingerprint density at radius 1 is 1.09 bits per heavy atom. The third-order valence-corrected chi connectivity index (χ3v) is 7.30. The summed E-state index contributed by atoms with van der Waals surface area (Å²) < 4.78 is 7.63. The third kappa shape index (κ3) is 4.08. The van der Waals surface area contributed by atoms with Gasteiger partial charge in [0.25, 0.3) is 5.91 Å². The number of aliphatic hydroxyl groups is 1. The van der Waals surface area contributed by atoms with Crippen LogP contribution in [0.5, 0.6) is 0 Å². The lowest BCUT2D eigenvalue weighted by molar-refractivity contribution is -0.182. The largest absolute Gasteiger partial charge is 0.396 e. The molecule has 2 aromatic carbocycles. The molecule has 1 fully saturated rings. The summed E-state index contributed by atoms with van der Waals surface area (Å²) in [6.07, 6.45) is 2.95. The Labute approximate surface area is 210 Å². The molecule has 0 radical (unpaired) electrons. The van der Waals surface area contributed by atoms with E-state index in [1.165, 1.54) is 0 Å². The Morgan fingerprint density at radius 2 is 1.82 bits per heavy atom. The number of amides is 1. The Kier molecular flexibility index (Phi) is 6.23. The molecule has 1 aliphatic carbocycles. The zero-order valence-corrected chi connectivity index (χ0v) is 20.6. The minimum atomic E-state index is -1.15. The molecule has 1 aliphatic heterocycles. The molecule has 1 atom stereocenters. The molecule has 1 saturated carbocycles. The molecular formula is C25H21BrCl2N2O3. The normalized spacial score (nSPS) is 24.0. The van der Waals surface area contributed by atoms with Crippen molar-refractivity contribution in [3.05, 3.63) is 97.7 Å². The minimum absolute atomic E-state index is 0.0964. The second kappa shape index (κ2) is 9.01. The van der Waals surface area contributed by atoms with E-state index < -0.39 is 5.72 Å². The van der Waals surface area contributed by atoms with Crippen LogP contribution >= 0.6 is 39.1 Å². The van der Waals surface area contributed by atoms with E-state index >= 15 is 0 Å². The molecule has 5 nitrogen and oxygen atoms in total. The highest BCUT2D eigenvalue weighted by atomic mass is 79.9. The maximum Gasteiger partial charge on any atom is 0.257 e. The number of carbonyl (C=O) groups excluding carboxylic acids is 1. The number of hydrogen-bond donors (Lipinski definition) is 1. The van der Waals surface area contributed by atoms with Crippen LogP contribution in [-0.2, 0) is 17.0 Å². The van der Waals surface area contributed by atoms with E-state index in [9.17, 15) is 9.90 Å². The van der Waals surface area contributed by atoms with E-state index in [1.807, 2.05) is 36.4 Å². The van der Waals surface area contributed by atoms with E-state index in [4.69, 9.17) is 27.9 Å². The summed E-state index contributed by atoms with van der Waals surface area (Å²) in [5.41, 5.74) is 1.71. The Hall–Kier alpha value is -1.96. The number of benzene rings is 2. The lowest BCUT2D eigenvalue weighted by Gasteiger charge is -2.45. The number of aromatic nitrogens is 1. The summed E-state index contributed by atoms with van der Waals surface area (Å²) >= 11 is 15.7. The Bertz CT molecular complexity index is 1180. The molecule has 1 unspecified atom stereocenters. The topological polar surface area (TPSA) is 62.7 Å². The van der Waals surface area contributed by atoms with Gasteiger partial charge in [0.2, 0.25) is 0 Å². The Balaban J connectivity index is 1.66. The van der Waals surface area contributed by atoms with Crippen molar-refractivity contribution in [3.63, 3.8) is 0 Å². The van der Waals surface area contributed by atoms with E-state index in [0.29, 0.717) is 21.3 Å². The van der Waals surface area contributed by atoms with Gasteiger partial charge in [0.1, 0.15) is 0 Å². The van der Waals surface area contributed by atoms with Crippen molar-refractivity contribution < 1.29 is 14.6 Å². The first-order valence-corrected chi connectivity index (χ1v) is 12.2. The van der Waals surface area contributed by atoms with Crippen LogP contribution in [0.4, 0.5) is 0 Å². The highest BCUT2D eigenvalue weighted by Gasteiger charge is 2.54. The van der Waals surface area contributed by atoms with Gasteiger partial charge in [-0.25, -0.2) is 0 Å². The van der Waals surface area contributed by atoms with Gasteiger partial charge in [-0.15, -0.1) is 0 Å². The molecule has 1 N–H and O–H groups in total. The number of carbonyl (C=O) groups is 1. The monoisotopic (exact) mass is 546 g/mol. The molecule has 33 heavy (non-hydrogen) atoms. The molecule has 0 spiro atoms. The van der Waals surface area contributed by atoms with Crippen LogP contribution in [0.15, 0.2) is 65.3 Å². The summed E-state index contributed by atoms with van der Waals surface area (Å²) in [6.45, 7) is 0.371. The smallest absolute Gasteiger partial charge is 0.257 e. The summed E-state index contributed by atoms with van der Waals surface area (Å²) in [5.74, 6) is 0.0705. The summed E-state index contributed by atoms with van der Waals surface area (Å²) in [7, 11) is 0. The van der Waals surface area contributed by atoms with E-state index in [2.05, 4.69) is 20.9 Å². The zero-order valence-electron chi connectivity index (χ0n) is 17.5. The minimum Gasteiger partial charge on any atom is -0.396 e. The highest BCUT2D eigenvalue weighted by molar-refractivity contribution is 9.10. The molecule has 1 amide bonds. The summed E-state index contributed by atoms with van der Waals surface area (Å²) in [5, 5.41) is 10.6. The molecule has 5 rings (SSSR count). The van der Waals surface area contributed by atoms with Gasteiger partial charge in [-0.3, -0.25) is 14.7 Å². The average molecular weight is 548 g/mol. The number of nitrogens with zero attached hydrogens (tertiary/aromatic N) is 2. The van der Waals surface area contributed by atoms with Gasteiger partial charge in [0.15, 0.2) is 5.72 Å². The SMILES string of the molecule is O=C1c2cc(Br)ccc2C(OC2CC(CO)C2)(c2ccc(Cl)cc2)N1Cc1ccc(Cl)cn1. The molecule has 2 aliphatic rings. The predicted octanol–water partition coefficient (Wildman–Crippen LogP) is 5.80. The molecule has 2 heterocycles. The number of aliphatic hydroxyl groups excluding tert-OH is 1. The lowest BCUT2D eigenvalue weighted by Crippen LogP contribution is -2.51. The molecule has 8 heteroatoms. The van der Waals surface area contributed by atoms with Crippen LogP contribution in [0.3, 0.4) is 0 Å². The number of halogens is 3. The van der Waals surface area contributed by atoms with Gasteiger partial charge in [0, 0.05) is 39.0 Å². The van der Waals surface area contributed by atoms with Crippen LogP contribution < -0.4 is 0 Å². The van der Waals surface area contributed by atoms with Crippen molar-refractivity contribution in [2.24, 2.45) is 5.92 Å². The summed E-state index contributed by atoms with van der Waals surface area (Å²) in [6, 6.07) is 16.7. The van der Waals surface area contributed by atoms with Crippen molar-refractivity contribution >= 4 is 45.0 Å². The van der Waals surface area contributed by atoms with E-state index in [1.54, 1.807) is 29.3 Å². The molecule has 0 bridgehead atoms. The fraction of sp³-hybridized carbons (Fsp3) is 0.280. The van der Waals surface area contributed by atoms with Crippen LogP contribution in [0.25, 0.3) is 0 Å². The van der Waals surface area contributed by atoms with Crippen molar-refractivity contribution in [2.45, 2.75) is 31.2 Å². The number of ether oxygens (including phenoxy) is 1. The van der Waals surface area contributed by atoms with Gasteiger partial charge in [0.05, 0.1) is 23.4 Å². The highest BCUT2D eigenvalue weighted by Crippen LogP contribution is 2.49. The standard InChI is InChI=1S/C25H21BrCl2N2O3/c26-17-3-8-23-22(11-17)24(32)30(13-20-7-6-19(28)12-29-20)25(23,16-1-4-18(27)5-2-16)33-21-9-15(10-21)14-31/h1-8,11-12,15,21,31H,9-10,13-14H2. The zero-order chi connectivity index (χ0) is 23.2. The third-order valence-electron chi connectivity index (χ3n) is 6.33. The first kappa shape index (κ1) is 22.8. The maximum atomic E-state index is 13.8.